The highest BCUT2D eigenvalue weighted by atomic mass is 19.2. The molecule has 0 fully saturated rings. The van der Waals surface area contributed by atoms with Gasteiger partial charge < -0.3 is 0 Å². The lowest BCUT2D eigenvalue weighted by molar-refractivity contribution is 0.381. The van der Waals surface area contributed by atoms with Crippen LogP contribution in [0, 0.1) is 69.8 Å². The van der Waals surface area contributed by atoms with Crippen LogP contribution in [-0.4, -0.2) is 0 Å². The van der Waals surface area contributed by atoms with E-state index in [0.29, 0.717) is 24.3 Å². The Kier molecular flexibility index (Phi) is 5.80. The lowest BCUT2D eigenvalue weighted by atomic mass is 9.84. The fourth-order valence-electron chi connectivity index (χ4n) is 4.37. The van der Waals surface area contributed by atoms with Crippen LogP contribution in [-0.2, 0) is 0 Å². The Morgan fingerprint density at radius 3 is 1.34 bits per heavy atom. The van der Waals surface area contributed by atoms with E-state index >= 15 is 8.78 Å². The maximum absolute atomic E-state index is 15.3. The minimum Gasteiger partial charge on any atom is -0.207 e. The third-order valence-electron chi connectivity index (χ3n) is 5.95. The van der Waals surface area contributed by atoms with Crippen molar-refractivity contribution >= 4 is 21.5 Å². The van der Waals surface area contributed by atoms with Gasteiger partial charge >= 0.3 is 0 Å². The molecule has 0 aliphatic carbocycles. The predicted octanol–water partition coefficient (Wildman–Crippen LogP) is 9.00. The molecular weight excluding hydrogens is 540 g/mol. The number of hydrogen-bond donors (Lipinski definition) is 0. The average Bonchev–Trinajstić information content (AvgIpc) is 2.88. The minimum atomic E-state index is -2.63. The van der Waals surface area contributed by atoms with Crippen molar-refractivity contribution < 1.29 is 52.7 Å². The maximum atomic E-state index is 15.3. The fourth-order valence-corrected chi connectivity index (χ4v) is 4.37. The molecule has 0 aliphatic heterocycles. The summed E-state index contributed by atoms with van der Waals surface area (Å²) < 4.78 is 174. The highest BCUT2D eigenvalue weighted by Crippen LogP contribution is 2.48. The van der Waals surface area contributed by atoms with E-state index in [2.05, 4.69) is 0 Å². The summed E-state index contributed by atoms with van der Waals surface area (Å²) in [6.45, 7) is 0. The average molecular weight is 546 g/mol. The third kappa shape index (κ3) is 3.42. The van der Waals surface area contributed by atoms with Crippen LogP contribution in [0.3, 0.4) is 0 Å². The van der Waals surface area contributed by atoms with Crippen LogP contribution in [0.1, 0.15) is 0 Å². The van der Waals surface area contributed by atoms with Crippen LogP contribution in [0.15, 0.2) is 36.4 Å². The zero-order valence-corrected chi connectivity index (χ0v) is 18.0. The van der Waals surface area contributed by atoms with E-state index in [0.717, 1.165) is 6.07 Å². The summed E-state index contributed by atoms with van der Waals surface area (Å²) in [5, 5.41) is -4.51. The Morgan fingerprint density at radius 2 is 0.789 bits per heavy atom. The number of rotatable bonds is 2. The fraction of sp³-hybridized carbons (Fsp3) is 0. The molecule has 5 aromatic rings. The molecular formula is C26H6F12. The smallest absolute Gasteiger partial charge is 0.200 e. The largest absolute Gasteiger partial charge is 0.207 e. The van der Waals surface area contributed by atoms with Crippen LogP contribution in [0.25, 0.3) is 43.8 Å². The first-order chi connectivity index (χ1) is 17.9. The number of benzene rings is 5. The van der Waals surface area contributed by atoms with Crippen molar-refractivity contribution in [1.29, 1.82) is 0 Å². The van der Waals surface area contributed by atoms with E-state index in [-0.39, 0.29) is 6.07 Å². The van der Waals surface area contributed by atoms with E-state index in [9.17, 15) is 43.9 Å². The molecule has 0 aliphatic rings. The van der Waals surface area contributed by atoms with Gasteiger partial charge in [0.15, 0.2) is 46.5 Å². The first-order valence-corrected chi connectivity index (χ1v) is 10.2. The van der Waals surface area contributed by atoms with Crippen molar-refractivity contribution in [3.8, 4) is 22.3 Å². The summed E-state index contributed by atoms with van der Waals surface area (Å²) in [5.74, 6) is -26.3. The second-order valence-corrected chi connectivity index (χ2v) is 8.01. The second-order valence-electron chi connectivity index (χ2n) is 8.01. The predicted molar refractivity (Wildman–Crippen MR) is 112 cm³/mol. The molecule has 0 bridgehead atoms. The molecule has 5 aromatic carbocycles. The van der Waals surface area contributed by atoms with Crippen molar-refractivity contribution in [2.75, 3.05) is 0 Å². The molecule has 0 radical (unpaired) electrons. The van der Waals surface area contributed by atoms with Crippen LogP contribution in [0.2, 0.25) is 0 Å². The number of halogens is 12. The van der Waals surface area contributed by atoms with Crippen molar-refractivity contribution in [3.05, 3.63) is 106 Å². The number of hydrogen-bond acceptors (Lipinski definition) is 0. The van der Waals surface area contributed by atoms with Crippen molar-refractivity contribution in [2.24, 2.45) is 0 Å². The molecule has 5 rings (SSSR count). The van der Waals surface area contributed by atoms with Gasteiger partial charge in [0.05, 0.1) is 5.56 Å². The molecule has 0 spiro atoms. The molecule has 0 heterocycles. The Labute approximate surface area is 203 Å². The van der Waals surface area contributed by atoms with Gasteiger partial charge in [-0.05, 0) is 35.0 Å². The molecule has 0 saturated heterocycles. The molecule has 194 valence electrons. The molecule has 0 nitrogen and oxygen atoms in total. The van der Waals surface area contributed by atoms with Gasteiger partial charge in [0.2, 0.25) is 5.82 Å². The van der Waals surface area contributed by atoms with Crippen molar-refractivity contribution in [1.82, 2.24) is 0 Å². The van der Waals surface area contributed by atoms with Gasteiger partial charge in [-0.3, -0.25) is 0 Å². The first kappa shape index (κ1) is 25.4. The highest BCUT2D eigenvalue weighted by Gasteiger charge is 2.34. The summed E-state index contributed by atoms with van der Waals surface area (Å²) in [7, 11) is 0. The third-order valence-corrected chi connectivity index (χ3v) is 5.95. The summed E-state index contributed by atoms with van der Waals surface area (Å²) in [4.78, 5) is 0. The Balaban J connectivity index is 2.20. The summed E-state index contributed by atoms with van der Waals surface area (Å²) in [5.41, 5.74) is -4.99. The van der Waals surface area contributed by atoms with Crippen molar-refractivity contribution in [2.45, 2.75) is 0 Å². The van der Waals surface area contributed by atoms with Gasteiger partial charge in [-0.1, -0.05) is 6.07 Å². The Hall–Kier alpha value is -4.22. The molecule has 0 unspecified atom stereocenters. The zero-order chi connectivity index (χ0) is 27.8. The van der Waals surface area contributed by atoms with Gasteiger partial charge in [0.25, 0.3) is 0 Å². The second kappa shape index (κ2) is 8.67. The summed E-state index contributed by atoms with van der Waals surface area (Å²) in [6.07, 6.45) is 0. The molecule has 0 atom stereocenters. The summed E-state index contributed by atoms with van der Waals surface area (Å²) >= 11 is 0. The van der Waals surface area contributed by atoms with Crippen LogP contribution in [0.5, 0.6) is 0 Å². The molecule has 0 amide bonds. The summed E-state index contributed by atoms with van der Waals surface area (Å²) in [6, 6.07) is 3.38. The first-order valence-electron chi connectivity index (χ1n) is 10.2. The van der Waals surface area contributed by atoms with E-state index in [4.69, 9.17) is 0 Å². The van der Waals surface area contributed by atoms with E-state index in [1.54, 1.807) is 0 Å². The van der Waals surface area contributed by atoms with Crippen LogP contribution in [0.4, 0.5) is 52.7 Å². The van der Waals surface area contributed by atoms with Crippen LogP contribution >= 0.6 is 0 Å². The van der Waals surface area contributed by atoms with E-state index < -0.39 is 114 Å². The molecule has 0 aromatic heterocycles. The highest BCUT2D eigenvalue weighted by molar-refractivity contribution is 6.21. The molecule has 12 heteroatoms. The van der Waals surface area contributed by atoms with Gasteiger partial charge in [0.1, 0.15) is 17.5 Å². The normalized spacial score (nSPS) is 11.7. The molecule has 0 N–H and O–H groups in total. The van der Waals surface area contributed by atoms with E-state index in [1.807, 2.05) is 0 Å². The quantitative estimate of drug-likeness (QED) is 0.0898. The molecule has 0 saturated carbocycles. The van der Waals surface area contributed by atoms with Gasteiger partial charge in [-0.2, -0.15) is 0 Å². The molecule has 38 heavy (non-hydrogen) atoms. The van der Waals surface area contributed by atoms with Gasteiger partial charge in [-0.15, -0.1) is 0 Å². The monoisotopic (exact) mass is 546 g/mol. The van der Waals surface area contributed by atoms with Gasteiger partial charge in [0, 0.05) is 33.5 Å². The van der Waals surface area contributed by atoms with Crippen molar-refractivity contribution in [3.63, 3.8) is 0 Å². The van der Waals surface area contributed by atoms with E-state index in [1.165, 1.54) is 0 Å². The van der Waals surface area contributed by atoms with Gasteiger partial charge in [-0.25, -0.2) is 52.7 Å². The lowest BCUT2D eigenvalue weighted by Gasteiger charge is -2.20. The number of fused-ring (bicyclic) bond motifs is 2. The topological polar surface area (TPSA) is 0 Å². The zero-order valence-electron chi connectivity index (χ0n) is 18.0. The Morgan fingerprint density at radius 1 is 0.342 bits per heavy atom. The lowest BCUT2D eigenvalue weighted by Crippen LogP contribution is -2.08. The SMILES string of the molecule is Fc1ccc(-c2c3ccc(F)cc3c(-c3c(F)c(F)c(F)c(F)c3F)c3c(F)c(F)c(F)c(F)c23)c(F)c1. The maximum Gasteiger partial charge on any atom is 0.200 e. The van der Waals surface area contributed by atoms with Crippen LogP contribution < -0.4 is 0 Å². The minimum absolute atomic E-state index is 0.280. The standard InChI is InChI=1S/C26H6F12/c27-7-1-3-9-11(5-7)14(17-20(32)24(36)26(38)25(37)21(17)33)16-15(18(30)22(34)23(35)19(16)31)13(9)10-4-2-8(28)6-12(10)29/h1-6H. The Bertz CT molecular complexity index is 1810.